The highest BCUT2D eigenvalue weighted by atomic mass is 16.5. The number of aryl methyl sites for hydroxylation is 1. The largest absolute Gasteiger partial charge is 0.465 e. The smallest absolute Gasteiger partial charge is 0.345 e. The number of carbonyl (C=O) groups is 2. The predicted octanol–water partition coefficient (Wildman–Crippen LogP) is 3.36. The summed E-state index contributed by atoms with van der Waals surface area (Å²) >= 11 is 0. The van der Waals surface area contributed by atoms with E-state index in [1.54, 1.807) is 0 Å². The summed E-state index contributed by atoms with van der Waals surface area (Å²) in [7, 11) is 4.43. The van der Waals surface area contributed by atoms with Gasteiger partial charge >= 0.3 is 11.9 Å². The minimum Gasteiger partial charge on any atom is -0.465 e. The van der Waals surface area contributed by atoms with Crippen molar-refractivity contribution in [1.82, 2.24) is 0 Å². The van der Waals surface area contributed by atoms with Gasteiger partial charge in [-0.1, -0.05) is 42.5 Å². The van der Waals surface area contributed by atoms with Crippen LogP contribution in [-0.4, -0.2) is 33.2 Å². The number of hydrogen-bond acceptors (Lipinski definition) is 5. The van der Waals surface area contributed by atoms with E-state index < -0.39 is 11.9 Å². The van der Waals surface area contributed by atoms with Crippen LogP contribution in [0.15, 0.2) is 54.1 Å². The quantitative estimate of drug-likeness (QED) is 0.345. The first kappa shape index (κ1) is 19.2. The number of methoxy groups -OCH3 is 2. The Morgan fingerprint density at radius 1 is 0.962 bits per heavy atom. The second-order valence-electron chi connectivity index (χ2n) is 5.88. The van der Waals surface area contributed by atoms with Gasteiger partial charge in [0.25, 0.3) is 0 Å². The number of hydrogen-bond donors (Lipinski definition) is 0. The molecule has 26 heavy (non-hydrogen) atoms. The summed E-state index contributed by atoms with van der Waals surface area (Å²) in [5.41, 5.74) is 3.88. The van der Waals surface area contributed by atoms with Gasteiger partial charge in [-0.15, -0.1) is 0 Å². The molecule has 0 bridgehead atoms. The first-order chi connectivity index (χ1) is 12.5. The van der Waals surface area contributed by atoms with Gasteiger partial charge in [-0.3, -0.25) is 0 Å². The van der Waals surface area contributed by atoms with Crippen LogP contribution in [0.5, 0.6) is 0 Å². The maximum absolute atomic E-state index is 11.9. The lowest BCUT2D eigenvalue weighted by Gasteiger charge is -2.22. The summed E-state index contributed by atoms with van der Waals surface area (Å²) < 4.78 is 9.40. The van der Waals surface area contributed by atoms with Gasteiger partial charge in [0.15, 0.2) is 0 Å². The standard InChI is InChI=1S/C21H23NO4/c1-15-9-5-6-11-17(15)14-22(2)19-12-8-7-10-16(19)13-18(20(23)25-3)21(24)26-4/h5-13H,14H2,1-4H3. The van der Waals surface area contributed by atoms with Crippen LogP contribution in [0.25, 0.3) is 6.08 Å². The van der Waals surface area contributed by atoms with Crippen LogP contribution in [0, 0.1) is 6.92 Å². The molecule has 0 unspecified atom stereocenters. The number of rotatable bonds is 6. The molecule has 0 saturated carbocycles. The fourth-order valence-electron chi connectivity index (χ4n) is 2.66. The van der Waals surface area contributed by atoms with Crippen molar-refractivity contribution in [2.75, 3.05) is 26.2 Å². The molecule has 0 amide bonds. The van der Waals surface area contributed by atoms with E-state index in [2.05, 4.69) is 24.0 Å². The Hall–Kier alpha value is -3.08. The Balaban J connectivity index is 2.40. The topological polar surface area (TPSA) is 55.8 Å². The van der Waals surface area contributed by atoms with Gasteiger partial charge in [0.2, 0.25) is 0 Å². The van der Waals surface area contributed by atoms with Gasteiger partial charge in [0.1, 0.15) is 5.57 Å². The zero-order chi connectivity index (χ0) is 19.1. The minimum absolute atomic E-state index is 0.147. The third-order valence-corrected chi connectivity index (χ3v) is 4.13. The number of nitrogens with zero attached hydrogens (tertiary/aromatic N) is 1. The van der Waals surface area contributed by atoms with Crippen LogP contribution in [0.4, 0.5) is 5.69 Å². The molecule has 2 rings (SSSR count). The zero-order valence-electron chi connectivity index (χ0n) is 15.5. The highest BCUT2D eigenvalue weighted by Crippen LogP contribution is 2.24. The first-order valence-corrected chi connectivity index (χ1v) is 8.21. The third kappa shape index (κ3) is 4.51. The summed E-state index contributed by atoms with van der Waals surface area (Å²) in [6.45, 7) is 2.77. The van der Waals surface area contributed by atoms with Gasteiger partial charge in [-0.05, 0) is 35.8 Å². The predicted molar refractivity (Wildman–Crippen MR) is 102 cm³/mol. The van der Waals surface area contributed by atoms with E-state index in [0.29, 0.717) is 6.54 Å². The van der Waals surface area contributed by atoms with Crippen molar-refractivity contribution in [3.8, 4) is 0 Å². The van der Waals surface area contributed by atoms with Crippen molar-refractivity contribution in [3.05, 3.63) is 70.8 Å². The molecule has 0 radical (unpaired) electrons. The van der Waals surface area contributed by atoms with Crippen LogP contribution in [-0.2, 0) is 25.6 Å². The molecular weight excluding hydrogens is 330 g/mol. The molecule has 5 nitrogen and oxygen atoms in total. The first-order valence-electron chi connectivity index (χ1n) is 8.21. The maximum Gasteiger partial charge on any atom is 0.345 e. The van der Waals surface area contributed by atoms with Crippen molar-refractivity contribution < 1.29 is 19.1 Å². The lowest BCUT2D eigenvalue weighted by Crippen LogP contribution is -2.19. The molecule has 0 saturated heterocycles. The number of benzene rings is 2. The molecule has 0 aromatic heterocycles. The molecule has 0 heterocycles. The van der Waals surface area contributed by atoms with Crippen LogP contribution in [0.1, 0.15) is 16.7 Å². The third-order valence-electron chi connectivity index (χ3n) is 4.13. The molecule has 0 spiro atoms. The Kier molecular flexibility index (Phi) is 6.55. The monoisotopic (exact) mass is 353 g/mol. The van der Waals surface area contributed by atoms with E-state index in [0.717, 1.165) is 11.3 Å². The minimum atomic E-state index is -0.729. The van der Waals surface area contributed by atoms with E-state index >= 15 is 0 Å². The van der Waals surface area contributed by atoms with Gasteiger partial charge in [0.05, 0.1) is 14.2 Å². The Morgan fingerprint density at radius 2 is 1.54 bits per heavy atom. The highest BCUT2D eigenvalue weighted by molar-refractivity contribution is 6.18. The van der Waals surface area contributed by atoms with Crippen molar-refractivity contribution in [3.63, 3.8) is 0 Å². The van der Waals surface area contributed by atoms with Crippen LogP contribution in [0.3, 0.4) is 0 Å². The van der Waals surface area contributed by atoms with Crippen LogP contribution < -0.4 is 4.90 Å². The Morgan fingerprint density at radius 3 is 2.15 bits per heavy atom. The summed E-state index contributed by atoms with van der Waals surface area (Å²) in [5.74, 6) is -1.46. The summed E-state index contributed by atoms with van der Waals surface area (Å²) in [6.07, 6.45) is 1.50. The molecule has 0 fully saturated rings. The summed E-state index contributed by atoms with van der Waals surface area (Å²) in [5, 5.41) is 0. The van der Waals surface area contributed by atoms with Crippen LogP contribution in [0.2, 0.25) is 0 Å². The van der Waals surface area contributed by atoms with E-state index in [9.17, 15) is 9.59 Å². The van der Waals surface area contributed by atoms with E-state index in [-0.39, 0.29) is 5.57 Å². The molecule has 5 heteroatoms. The summed E-state index contributed by atoms with van der Waals surface area (Å²) in [6, 6.07) is 15.7. The van der Waals surface area contributed by atoms with Crippen molar-refractivity contribution in [2.45, 2.75) is 13.5 Å². The van der Waals surface area contributed by atoms with Crippen molar-refractivity contribution >= 4 is 23.7 Å². The van der Waals surface area contributed by atoms with Gasteiger partial charge in [-0.25, -0.2) is 9.59 Å². The molecule has 0 N–H and O–H groups in total. The van der Waals surface area contributed by atoms with Crippen molar-refractivity contribution in [2.24, 2.45) is 0 Å². The van der Waals surface area contributed by atoms with Gasteiger partial charge < -0.3 is 14.4 Å². The molecule has 2 aromatic rings. The summed E-state index contributed by atoms with van der Waals surface area (Å²) in [4.78, 5) is 25.9. The van der Waals surface area contributed by atoms with E-state index in [1.165, 1.54) is 31.4 Å². The number of carbonyl (C=O) groups excluding carboxylic acids is 2. The molecule has 0 atom stereocenters. The number of esters is 2. The number of para-hydroxylation sites is 1. The lowest BCUT2D eigenvalue weighted by atomic mass is 10.1. The van der Waals surface area contributed by atoms with Crippen LogP contribution >= 0.6 is 0 Å². The number of anilines is 1. The molecule has 2 aromatic carbocycles. The average molecular weight is 353 g/mol. The molecule has 0 aliphatic rings. The fourth-order valence-corrected chi connectivity index (χ4v) is 2.66. The number of ether oxygens (including phenoxy) is 2. The van der Waals surface area contributed by atoms with Gasteiger partial charge in [-0.2, -0.15) is 0 Å². The average Bonchev–Trinajstić information content (AvgIpc) is 2.67. The highest BCUT2D eigenvalue weighted by Gasteiger charge is 2.20. The zero-order valence-corrected chi connectivity index (χ0v) is 15.5. The van der Waals surface area contributed by atoms with Crippen molar-refractivity contribution in [1.29, 1.82) is 0 Å². The van der Waals surface area contributed by atoms with E-state index in [1.807, 2.05) is 43.4 Å². The maximum atomic E-state index is 11.9. The lowest BCUT2D eigenvalue weighted by molar-refractivity contribution is -0.143. The Labute approximate surface area is 153 Å². The Bertz CT molecular complexity index is 808. The second kappa shape index (κ2) is 8.85. The molecule has 0 aliphatic carbocycles. The normalized spacial score (nSPS) is 10.0. The second-order valence-corrected chi connectivity index (χ2v) is 5.88. The molecular formula is C21H23NO4. The fraction of sp³-hybridized carbons (Fsp3) is 0.238. The van der Waals surface area contributed by atoms with E-state index in [4.69, 9.17) is 9.47 Å². The van der Waals surface area contributed by atoms with Gasteiger partial charge in [0, 0.05) is 19.3 Å². The SMILES string of the molecule is COC(=O)C(=Cc1ccccc1N(C)Cc1ccccc1C)C(=O)OC. The molecule has 0 aliphatic heterocycles. The molecule has 136 valence electrons.